The molecule has 0 aromatic heterocycles. The van der Waals surface area contributed by atoms with Gasteiger partial charge in [-0.05, 0) is 25.7 Å². The first kappa shape index (κ1) is 13.2. The van der Waals surface area contributed by atoms with Crippen LogP contribution in [-0.4, -0.2) is 11.6 Å². The molecule has 0 aliphatic carbocycles. The Kier molecular flexibility index (Phi) is 6.26. The minimum atomic E-state index is -0.301. The predicted octanol–water partition coefficient (Wildman–Crippen LogP) is 3.46. The third kappa shape index (κ3) is 3.95. The lowest BCUT2D eigenvalue weighted by atomic mass is 9.91. The largest absolute Gasteiger partial charge is 0.456 e. The van der Waals surface area contributed by atoms with Crippen molar-refractivity contribution in [2.45, 2.75) is 58.5 Å². The van der Waals surface area contributed by atoms with Crippen LogP contribution in [0.4, 0.5) is 0 Å². The molecule has 0 saturated heterocycles. The highest BCUT2D eigenvalue weighted by Crippen LogP contribution is 2.27. The molecule has 0 spiro atoms. The summed E-state index contributed by atoms with van der Waals surface area (Å²) in [5.74, 6) is -0.301. The van der Waals surface area contributed by atoms with Gasteiger partial charge in [-0.1, -0.05) is 33.8 Å². The Morgan fingerprint density at radius 1 is 1.36 bits per heavy atom. The van der Waals surface area contributed by atoms with E-state index in [2.05, 4.69) is 27.4 Å². The van der Waals surface area contributed by atoms with Crippen molar-refractivity contribution in [3.63, 3.8) is 0 Å². The van der Waals surface area contributed by atoms with Gasteiger partial charge < -0.3 is 4.74 Å². The van der Waals surface area contributed by atoms with Gasteiger partial charge in [0.05, 0.1) is 0 Å². The van der Waals surface area contributed by atoms with E-state index in [4.69, 9.17) is 4.74 Å². The van der Waals surface area contributed by atoms with Gasteiger partial charge in [-0.15, -0.1) is 0 Å². The van der Waals surface area contributed by atoms with E-state index in [1.54, 1.807) is 0 Å². The van der Waals surface area contributed by atoms with E-state index >= 15 is 0 Å². The average molecular weight is 198 g/mol. The minimum absolute atomic E-state index is 0.263. The Labute approximate surface area is 87.3 Å². The van der Waals surface area contributed by atoms with Gasteiger partial charge in [0.1, 0.15) is 5.60 Å². The second-order valence-corrected chi connectivity index (χ2v) is 3.62. The molecule has 0 heterocycles. The number of hydrogen-bond acceptors (Lipinski definition) is 2. The molecule has 0 aliphatic heterocycles. The fourth-order valence-corrected chi connectivity index (χ4v) is 1.55. The van der Waals surface area contributed by atoms with Gasteiger partial charge in [-0.3, -0.25) is 0 Å². The van der Waals surface area contributed by atoms with Crippen LogP contribution in [0, 0.1) is 0 Å². The lowest BCUT2D eigenvalue weighted by Gasteiger charge is -2.31. The predicted molar refractivity (Wildman–Crippen MR) is 59.1 cm³/mol. The zero-order valence-electron chi connectivity index (χ0n) is 9.64. The quantitative estimate of drug-likeness (QED) is 0.462. The van der Waals surface area contributed by atoms with Crippen LogP contribution in [0.3, 0.4) is 0 Å². The number of ether oxygens (including phenoxy) is 1. The van der Waals surface area contributed by atoms with Crippen molar-refractivity contribution in [3.8, 4) is 0 Å². The molecule has 0 rings (SSSR count). The van der Waals surface area contributed by atoms with Crippen molar-refractivity contribution < 1.29 is 9.53 Å². The first-order valence-electron chi connectivity index (χ1n) is 5.49. The smallest absolute Gasteiger partial charge is 0.330 e. The molecule has 2 nitrogen and oxygen atoms in total. The molecular weight excluding hydrogens is 176 g/mol. The zero-order valence-corrected chi connectivity index (χ0v) is 9.64. The Balaban J connectivity index is 4.35. The summed E-state index contributed by atoms with van der Waals surface area (Å²) in [6, 6.07) is 0. The van der Waals surface area contributed by atoms with Crippen LogP contribution in [0.15, 0.2) is 12.7 Å². The summed E-state index contributed by atoms with van der Waals surface area (Å²) in [7, 11) is 0. The molecule has 0 N–H and O–H groups in total. The normalized spacial score (nSPS) is 11.1. The van der Waals surface area contributed by atoms with Gasteiger partial charge in [0.25, 0.3) is 0 Å². The standard InChI is InChI=1S/C12H22O2/c1-5-9-10-12(7-3,8-4)14-11(13)6-2/h6H,2,5,7-10H2,1,3-4H3. The first-order chi connectivity index (χ1) is 6.64. The number of carbonyl (C=O) groups excluding carboxylic acids is 1. The van der Waals surface area contributed by atoms with E-state index in [0.29, 0.717) is 0 Å². The highest BCUT2D eigenvalue weighted by Gasteiger charge is 2.28. The van der Waals surface area contributed by atoms with Crippen LogP contribution in [0.2, 0.25) is 0 Å². The van der Waals surface area contributed by atoms with Gasteiger partial charge in [0, 0.05) is 6.08 Å². The fraction of sp³-hybridized carbons (Fsp3) is 0.750. The lowest BCUT2D eigenvalue weighted by Crippen LogP contribution is -2.33. The maximum absolute atomic E-state index is 11.2. The number of carbonyl (C=O) groups is 1. The number of hydrogen-bond donors (Lipinski definition) is 0. The zero-order chi connectivity index (χ0) is 11.0. The summed E-state index contributed by atoms with van der Waals surface area (Å²) in [6.45, 7) is 9.69. The number of esters is 1. The second kappa shape index (κ2) is 6.63. The summed E-state index contributed by atoms with van der Waals surface area (Å²) in [6.07, 6.45) is 6.19. The molecule has 0 aliphatic rings. The molecular formula is C12H22O2. The third-order valence-corrected chi connectivity index (χ3v) is 2.76. The van der Waals surface area contributed by atoms with Crippen molar-refractivity contribution in [2.24, 2.45) is 0 Å². The summed E-state index contributed by atoms with van der Waals surface area (Å²) >= 11 is 0. The Morgan fingerprint density at radius 2 is 1.93 bits per heavy atom. The van der Waals surface area contributed by atoms with Crippen LogP contribution >= 0.6 is 0 Å². The van der Waals surface area contributed by atoms with E-state index in [9.17, 15) is 4.79 Å². The fourth-order valence-electron chi connectivity index (χ4n) is 1.55. The molecule has 0 bridgehead atoms. The first-order valence-corrected chi connectivity index (χ1v) is 5.49. The molecule has 0 fully saturated rings. The van der Waals surface area contributed by atoms with Crippen molar-refractivity contribution in [1.29, 1.82) is 0 Å². The second-order valence-electron chi connectivity index (χ2n) is 3.62. The Hall–Kier alpha value is -0.790. The Bertz CT molecular complexity index is 181. The van der Waals surface area contributed by atoms with E-state index in [1.165, 1.54) is 6.08 Å². The van der Waals surface area contributed by atoms with Crippen LogP contribution in [0.25, 0.3) is 0 Å². The molecule has 0 aromatic rings. The van der Waals surface area contributed by atoms with Gasteiger partial charge >= 0.3 is 5.97 Å². The average Bonchev–Trinajstić information content (AvgIpc) is 2.24. The summed E-state index contributed by atoms with van der Waals surface area (Å²) in [5.41, 5.74) is -0.263. The molecule has 82 valence electrons. The summed E-state index contributed by atoms with van der Waals surface area (Å²) < 4.78 is 5.43. The molecule has 0 amide bonds. The molecule has 0 atom stereocenters. The Morgan fingerprint density at radius 3 is 2.29 bits per heavy atom. The molecule has 14 heavy (non-hydrogen) atoms. The summed E-state index contributed by atoms with van der Waals surface area (Å²) in [4.78, 5) is 11.2. The number of rotatable bonds is 7. The van der Waals surface area contributed by atoms with Crippen LogP contribution in [0.5, 0.6) is 0 Å². The molecule has 0 unspecified atom stereocenters. The highest BCUT2D eigenvalue weighted by atomic mass is 16.6. The summed E-state index contributed by atoms with van der Waals surface area (Å²) in [5, 5.41) is 0. The lowest BCUT2D eigenvalue weighted by molar-refractivity contribution is -0.155. The molecule has 2 heteroatoms. The molecule has 0 saturated carbocycles. The van der Waals surface area contributed by atoms with Crippen LogP contribution < -0.4 is 0 Å². The van der Waals surface area contributed by atoms with Gasteiger partial charge in [-0.25, -0.2) is 4.79 Å². The topological polar surface area (TPSA) is 26.3 Å². The minimum Gasteiger partial charge on any atom is -0.456 e. The molecule has 0 radical (unpaired) electrons. The maximum atomic E-state index is 11.2. The van der Waals surface area contributed by atoms with Crippen LogP contribution in [0.1, 0.15) is 52.9 Å². The van der Waals surface area contributed by atoms with E-state index < -0.39 is 0 Å². The van der Waals surface area contributed by atoms with Gasteiger partial charge in [0.15, 0.2) is 0 Å². The number of unbranched alkanes of at least 4 members (excludes halogenated alkanes) is 1. The van der Waals surface area contributed by atoms with Crippen LogP contribution in [-0.2, 0) is 9.53 Å². The van der Waals surface area contributed by atoms with Crippen molar-refractivity contribution in [3.05, 3.63) is 12.7 Å². The van der Waals surface area contributed by atoms with Crippen molar-refractivity contribution in [1.82, 2.24) is 0 Å². The van der Waals surface area contributed by atoms with Crippen molar-refractivity contribution in [2.75, 3.05) is 0 Å². The van der Waals surface area contributed by atoms with Crippen molar-refractivity contribution >= 4 is 5.97 Å². The van der Waals surface area contributed by atoms with E-state index in [0.717, 1.165) is 32.1 Å². The highest BCUT2D eigenvalue weighted by molar-refractivity contribution is 5.81. The van der Waals surface area contributed by atoms with E-state index in [1.807, 2.05) is 0 Å². The monoisotopic (exact) mass is 198 g/mol. The van der Waals surface area contributed by atoms with Gasteiger partial charge in [0.2, 0.25) is 0 Å². The van der Waals surface area contributed by atoms with Gasteiger partial charge in [-0.2, -0.15) is 0 Å². The van der Waals surface area contributed by atoms with E-state index in [-0.39, 0.29) is 11.6 Å². The third-order valence-electron chi connectivity index (χ3n) is 2.76. The molecule has 0 aromatic carbocycles. The maximum Gasteiger partial charge on any atom is 0.330 e. The SMILES string of the molecule is C=CC(=O)OC(CC)(CC)CCCC.